The first kappa shape index (κ1) is 18.7. The van der Waals surface area contributed by atoms with Gasteiger partial charge in [-0.15, -0.1) is 12.4 Å². The number of hydrogen-bond acceptors (Lipinski definition) is 4. The summed E-state index contributed by atoms with van der Waals surface area (Å²) in [6.45, 7) is 5.58. The third-order valence-corrected chi connectivity index (χ3v) is 6.16. The number of carbonyl (C=O) groups excluding carboxylic acids is 1. The van der Waals surface area contributed by atoms with Gasteiger partial charge in [0.1, 0.15) is 0 Å². The molecule has 0 radical (unpaired) electrons. The monoisotopic (exact) mass is 338 g/mol. The largest absolute Gasteiger partial charge is 0.335 e. The topological polar surface area (TPSA) is 66.5 Å². The molecule has 5 nitrogen and oxygen atoms in total. The highest BCUT2D eigenvalue weighted by atomic mass is 35.5. The molecule has 2 atom stereocenters. The highest BCUT2D eigenvalue weighted by Crippen LogP contribution is 2.28. The van der Waals surface area contributed by atoms with E-state index in [1.165, 1.54) is 0 Å². The van der Waals surface area contributed by atoms with Crippen LogP contribution in [0.4, 0.5) is 0 Å². The van der Waals surface area contributed by atoms with Crippen LogP contribution < -0.4 is 5.32 Å². The molecule has 1 amide bonds. The minimum absolute atomic E-state index is 0. The molecule has 1 N–H and O–H groups in total. The summed E-state index contributed by atoms with van der Waals surface area (Å²) < 4.78 is 23.8. The number of carbonyl (C=O) groups is 1. The zero-order valence-corrected chi connectivity index (χ0v) is 14.5. The molecule has 21 heavy (non-hydrogen) atoms. The fraction of sp³-hybridized carbons (Fsp3) is 0.929. The van der Waals surface area contributed by atoms with Gasteiger partial charge in [0.2, 0.25) is 5.91 Å². The molecule has 2 saturated heterocycles. The Labute approximate surface area is 134 Å². The SMILES string of the molecule is CC(C)CS(=O)(=O)CCC(=O)N1C2CCNCC1CC2.Cl. The highest BCUT2D eigenvalue weighted by molar-refractivity contribution is 7.91. The van der Waals surface area contributed by atoms with Crippen LogP contribution in [0.1, 0.15) is 39.5 Å². The molecule has 2 aliphatic rings. The van der Waals surface area contributed by atoms with E-state index in [0.29, 0.717) is 6.04 Å². The van der Waals surface area contributed by atoms with Gasteiger partial charge in [-0.05, 0) is 31.7 Å². The van der Waals surface area contributed by atoms with Crippen molar-refractivity contribution in [3.63, 3.8) is 0 Å². The smallest absolute Gasteiger partial charge is 0.224 e. The predicted octanol–water partition coefficient (Wildman–Crippen LogP) is 1.22. The normalized spacial score (nSPS) is 25.6. The van der Waals surface area contributed by atoms with E-state index in [2.05, 4.69) is 5.32 Å². The third kappa shape index (κ3) is 5.11. The molecule has 2 unspecified atom stereocenters. The fourth-order valence-electron chi connectivity index (χ4n) is 3.35. The van der Waals surface area contributed by atoms with Crippen molar-refractivity contribution < 1.29 is 13.2 Å². The zero-order valence-electron chi connectivity index (χ0n) is 12.9. The molecule has 0 saturated carbocycles. The van der Waals surface area contributed by atoms with Crippen LogP contribution in [-0.4, -0.2) is 55.9 Å². The number of amides is 1. The van der Waals surface area contributed by atoms with Gasteiger partial charge < -0.3 is 10.2 Å². The standard InChI is InChI=1S/C14H26N2O3S.ClH/c1-11(2)10-20(18,19)8-6-14(17)16-12-3-4-13(16)9-15-7-5-12;/h11-13,15H,3-10H2,1-2H3;1H. The molecule has 2 rings (SSSR count). The maximum Gasteiger partial charge on any atom is 0.224 e. The van der Waals surface area contributed by atoms with E-state index < -0.39 is 9.84 Å². The summed E-state index contributed by atoms with van der Waals surface area (Å²) in [5.41, 5.74) is 0. The van der Waals surface area contributed by atoms with E-state index in [1.54, 1.807) is 0 Å². The van der Waals surface area contributed by atoms with E-state index in [4.69, 9.17) is 0 Å². The molecule has 0 spiro atoms. The second kappa shape index (κ2) is 7.79. The average Bonchev–Trinajstić information content (AvgIpc) is 2.58. The Morgan fingerprint density at radius 3 is 2.57 bits per heavy atom. The number of fused-ring (bicyclic) bond motifs is 2. The molecular formula is C14H27ClN2O3S. The first-order valence-electron chi connectivity index (χ1n) is 7.61. The highest BCUT2D eigenvalue weighted by Gasteiger charge is 2.37. The lowest BCUT2D eigenvalue weighted by atomic mass is 10.1. The second-order valence-electron chi connectivity index (χ2n) is 6.44. The van der Waals surface area contributed by atoms with Crippen LogP contribution in [0.5, 0.6) is 0 Å². The van der Waals surface area contributed by atoms with Crippen molar-refractivity contribution in [3.05, 3.63) is 0 Å². The maximum atomic E-state index is 12.4. The number of rotatable bonds is 5. The molecule has 124 valence electrons. The van der Waals surface area contributed by atoms with Crippen LogP contribution in [0, 0.1) is 5.92 Å². The Bertz CT molecular complexity index is 439. The van der Waals surface area contributed by atoms with Crippen molar-refractivity contribution in [1.82, 2.24) is 10.2 Å². The van der Waals surface area contributed by atoms with Crippen LogP contribution >= 0.6 is 12.4 Å². The van der Waals surface area contributed by atoms with Gasteiger partial charge in [-0.2, -0.15) is 0 Å². The number of halogens is 1. The molecule has 2 bridgehead atoms. The Morgan fingerprint density at radius 1 is 1.24 bits per heavy atom. The van der Waals surface area contributed by atoms with Gasteiger partial charge in [0, 0.05) is 25.0 Å². The second-order valence-corrected chi connectivity index (χ2v) is 8.67. The van der Waals surface area contributed by atoms with Crippen molar-refractivity contribution in [2.75, 3.05) is 24.6 Å². The lowest BCUT2D eigenvalue weighted by Gasteiger charge is -2.28. The summed E-state index contributed by atoms with van der Waals surface area (Å²) in [6, 6.07) is 0.582. The van der Waals surface area contributed by atoms with Crippen molar-refractivity contribution in [2.24, 2.45) is 5.92 Å². The lowest BCUT2D eigenvalue weighted by Crippen LogP contribution is -2.43. The van der Waals surface area contributed by atoms with Crippen molar-refractivity contribution in [1.29, 1.82) is 0 Å². The predicted molar refractivity (Wildman–Crippen MR) is 86.5 cm³/mol. The number of sulfone groups is 1. The first-order chi connectivity index (χ1) is 9.39. The minimum Gasteiger partial charge on any atom is -0.335 e. The third-order valence-electron chi connectivity index (χ3n) is 4.16. The molecule has 0 aromatic rings. The number of nitrogens with zero attached hydrogens (tertiary/aromatic N) is 1. The van der Waals surface area contributed by atoms with Crippen LogP contribution in [0.25, 0.3) is 0 Å². The molecule has 2 heterocycles. The van der Waals surface area contributed by atoms with Crippen LogP contribution in [-0.2, 0) is 14.6 Å². The molecule has 2 aliphatic heterocycles. The molecule has 2 fully saturated rings. The van der Waals surface area contributed by atoms with Crippen molar-refractivity contribution in [2.45, 2.75) is 51.6 Å². The molecule has 7 heteroatoms. The van der Waals surface area contributed by atoms with E-state index in [0.717, 1.165) is 32.4 Å². The molecular weight excluding hydrogens is 312 g/mol. The van der Waals surface area contributed by atoms with Gasteiger partial charge in [0.05, 0.1) is 11.5 Å². The van der Waals surface area contributed by atoms with Gasteiger partial charge in [-0.3, -0.25) is 4.79 Å². The average molecular weight is 339 g/mol. The summed E-state index contributed by atoms with van der Waals surface area (Å²) in [5, 5.41) is 3.35. The summed E-state index contributed by atoms with van der Waals surface area (Å²) in [4.78, 5) is 14.3. The van der Waals surface area contributed by atoms with Crippen LogP contribution in [0.3, 0.4) is 0 Å². The van der Waals surface area contributed by atoms with Crippen LogP contribution in [0.2, 0.25) is 0 Å². The Balaban J connectivity index is 0.00000220. The Kier molecular flexibility index (Phi) is 6.94. The quantitative estimate of drug-likeness (QED) is 0.818. The number of nitrogens with one attached hydrogen (secondary N) is 1. The van der Waals surface area contributed by atoms with Gasteiger partial charge in [-0.25, -0.2) is 8.42 Å². The summed E-state index contributed by atoms with van der Waals surface area (Å²) >= 11 is 0. The van der Waals surface area contributed by atoms with Gasteiger partial charge in [0.15, 0.2) is 9.84 Å². The maximum absolute atomic E-state index is 12.4. The number of hydrogen-bond donors (Lipinski definition) is 1. The zero-order chi connectivity index (χ0) is 14.8. The molecule has 0 aliphatic carbocycles. The summed E-state index contributed by atoms with van der Waals surface area (Å²) in [7, 11) is -3.10. The van der Waals surface area contributed by atoms with Crippen molar-refractivity contribution in [3.8, 4) is 0 Å². The minimum atomic E-state index is -3.10. The first-order valence-corrected chi connectivity index (χ1v) is 9.43. The van der Waals surface area contributed by atoms with E-state index in [9.17, 15) is 13.2 Å². The molecule has 0 aromatic carbocycles. The fourth-order valence-corrected chi connectivity index (χ4v) is 5.02. The van der Waals surface area contributed by atoms with Gasteiger partial charge in [0.25, 0.3) is 0 Å². The summed E-state index contributed by atoms with van der Waals surface area (Å²) in [6.07, 6.45) is 3.24. The van der Waals surface area contributed by atoms with Gasteiger partial charge >= 0.3 is 0 Å². The van der Waals surface area contributed by atoms with Crippen LogP contribution in [0.15, 0.2) is 0 Å². The molecule has 0 aromatic heterocycles. The lowest BCUT2D eigenvalue weighted by molar-refractivity contribution is -0.133. The van der Waals surface area contributed by atoms with Gasteiger partial charge in [-0.1, -0.05) is 13.8 Å². The Hall–Kier alpha value is -0.330. The van der Waals surface area contributed by atoms with E-state index >= 15 is 0 Å². The van der Waals surface area contributed by atoms with Crippen molar-refractivity contribution >= 4 is 28.2 Å². The Morgan fingerprint density at radius 2 is 1.90 bits per heavy atom. The van der Waals surface area contributed by atoms with E-state index in [-0.39, 0.29) is 48.2 Å². The summed E-state index contributed by atoms with van der Waals surface area (Å²) in [5.74, 6) is 0.310. The van der Waals surface area contributed by atoms with E-state index in [1.807, 2.05) is 18.7 Å².